The van der Waals surface area contributed by atoms with Crippen LogP contribution in [0.25, 0.3) is 10.9 Å². The second-order valence-corrected chi connectivity index (χ2v) is 13.2. The number of piperazine rings is 1. The Morgan fingerprint density at radius 2 is 2.02 bits per heavy atom. The lowest BCUT2D eigenvalue weighted by atomic mass is 9.93. The summed E-state index contributed by atoms with van der Waals surface area (Å²) >= 11 is 6.15. The Kier molecular flexibility index (Phi) is 6.47. The maximum Gasteiger partial charge on any atom is 0.410 e. The summed E-state index contributed by atoms with van der Waals surface area (Å²) in [5.74, 6) is 0.522. The largest absolute Gasteiger partial charge is 0.469 e. The van der Waals surface area contributed by atoms with Gasteiger partial charge in [0.25, 0.3) is 0 Å². The monoisotopic (exact) mass is 598 g/mol. The Hall–Kier alpha value is -3.31. The van der Waals surface area contributed by atoms with Crippen molar-refractivity contribution in [3.05, 3.63) is 41.0 Å². The van der Waals surface area contributed by atoms with Crippen molar-refractivity contribution in [1.82, 2.24) is 19.8 Å². The van der Waals surface area contributed by atoms with Crippen LogP contribution in [0.2, 0.25) is 5.15 Å². The highest BCUT2D eigenvalue weighted by Gasteiger charge is 2.50. The van der Waals surface area contributed by atoms with E-state index in [4.69, 9.17) is 30.8 Å². The van der Waals surface area contributed by atoms with Gasteiger partial charge in [0.05, 0.1) is 36.8 Å². The van der Waals surface area contributed by atoms with Crippen LogP contribution in [0, 0.1) is 5.82 Å². The maximum atomic E-state index is 15.5. The number of fused-ring (bicyclic) bond motifs is 4. The molecule has 2 fully saturated rings. The second kappa shape index (κ2) is 9.87. The molecule has 2 aromatic rings. The number of allylic oxidation sites excluding steroid dienone is 1. The normalized spacial score (nSPS) is 29.0. The van der Waals surface area contributed by atoms with Crippen LogP contribution in [0.3, 0.4) is 0 Å². The summed E-state index contributed by atoms with van der Waals surface area (Å²) in [5, 5.41) is 0.323. The van der Waals surface area contributed by atoms with E-state index >= 15 is 4.39 Å². The minimum absolute atomic E-state index is 0.125. The zero-order valence-electron chi connectivity index (χ0n) is 24.6. The van der Waals surface area contributed by atoms with Gasteiger partial charge < -0.3 is 28.9 Å². The number of amides is 1. The number of carbonyl (C=O) groups excluding carboxylic acids is 1. The number of halogens is 2. The predicted octanol–water partition coefficient (Wildman–Crippen LogP) is 5.06. The fourth-order valence-corrected chi connectivity index (χ4v) is 7.20. The first-order chi connectivity index (χ1) is 20.0. The molecule has 0 aromatic carbocycles. The Morgan fingerprint density at radius 1 is 1.21 bits per heavy atom. The lowest BCUT2D eigenvalue weighted by Crippen LogP contribution is -2.65. The number of hydrogen-bond acceptors (Lipinski definition) is 9. The van der Waals surface area contributed by atoms with Crippen LogP contribution in [0.1, 0.15) is 47.0 Å². The van der Waals surface area contributed by atoms with Gasteiger partial charge in [-0.05, 0) is 60.2 Å². The van der Waals surface area contributed by atoms with Crippen LogP contribution in [0.4, 0.5) is 20.6 Å². The van der Waals surface area contributed by atoms with E-state index in [1.165, 1.54) is 0 Å². The predicted molar refractivity (Wildman–Crippen MR) is 157 cm³/mol. The van der Waals surface area contributed by atoms with E-state index in [1.54, 1.807) is 17.4 Å². The Balaban J connectivity index is 1.43. The van der Waals surface area contributed by atoms with Crippen LogP contribution in [0.5, 0.6) is 5.88 Å². The molecule has 10 nitrogen and oxygen atoms in total. The molecule has 0 spiro atoms. The van der Waals surface area contributed by atoms with Gasteiger partial charge in [0, 0.05) is 36.6 Å². The molecule has 0 radical (unpaired) electrons. The van der Waals surface area contributed by atoms with Crippen molar-refractivity contribution in [2.24, 2.45) is 0 Å². The first-order valence-corrected chi connectivity index (χ1v) is 15.0. The van der Waals surface area contributed by atoms with Crippen molar-refractivity contribution < 1.29 is 23.4 Å². The SMILES string of the molecule is C[C@@H]1CN2c3c4c(nc5c(F)c(Cl)ncc35)O[C@@H]([C@@H]3CCCN3C)CN4C(=C3CC=CO3)[C@H]2CN1C(=O)OC(C)(C)C. The number of carbonyl (C=O) groups is 1. The fraction of sp³-hybridized carbons (Fsp3) is 0.567. The molecule has 7 heterocycles. The minimum atomic E-state index is -0.673. The fourth-order valence-electron chi connectivity index (χ4n) is 7.06. The number of pyridine rings is 2. The molecule has 0 aliphatic carbocycles. The molecule has 0 bridgehead atoms. The number of rotatable bonds is 1. The van der Waals surface area contributed by atoms with Gasteiger partial charge >= 0.3 is 6.09 Å². The number of nitrogens with zero attached hydrogens (tertiary/aromatic N) is 6. The zero-order chi connectivity index (χ0) is 29.5. The Labute approximate surface area is 249 Å². The highest BCUT2D eigenvalue weighted by atomic mass is 35.5. The molecule has 224 valence electrons. The molecule has 0 N–H and O–H groups in total. The third kappa shape index (κ3) is 4.35. The van der Waals surface area contributed by atoms with Crippen LogP contribution in [-0.4, -0.2) is 88.9 Å². The maximum absolute atomic E-state index is 15.5. The quantitative estimate of drug-likeness (QED) is 0.418. The molecule has 5 aliphatic rings. The molecule has 2 aromatic heterocycles. The van der Waals surface area contributed by atoms with E-state index in [0.29, 0.717) is 37.3 Å². The molecule has 5 aliphatic heterocycles. The lowest BCUT2D eigenvalue weighted by Gasteiger charge is -2.54. The Bertz CT molecular complexity index is 1520. The van der Waals surface area contributed by atoms with Gasteiger partial charge in [-0.3, -0.25) is 4.90 Å². The number of ether oxygens (including phenoxy) is 3. The summed E-state index contributed by atoms with van der Waals surface area (Å²) in [6.07, 6.45) is 7.44. The molecule has 2 saturated heterocycles. The van der Waals surface area contributed by atoms with Gasteiger partial charge in [-0.15, -0.1) is 0 Å². The molecule has 0 unspecified atom stereocenters. The van der Waals surface area contributed by atoms with Gasteiger partial charge in [-0.25, -0.2) is 19.2 Å². The van der Waals surface area contributed by atoms with Gasteiger partial charge in [0.2, 0.25) is 5.88 Å². The van der Waals surface area contributed by atoms with Gasteiger partial charge in [-0.2, -0.15) is 0 Å². The van der Waals surface area contributed by atoms with Crippen LogP contribution < -0.4 is 14.5 Å². The van der Waals surface area contributed by atoms with E-state index < -0.39 is 11.4 Å². The molecule has 7 rings (SSSR count). The third-order valence-electron chi connectivity index (χ3n) is 8.90. The average Bonchev–Trinajstić information content (AvgIpc) is 3.61. The Morgan fingerprint density at radius 3 is 2.71 bits per heavy atom. The van der Waals surface area contributed by atoms with E-state index in [9.17, 15) is 4.79 Å². The van der Waals surface area contributed by atoms with Crippen LogP contribution in [-0.2, 0) is 9.47 Å². The number of hydrogen-bond donors (Lipinski definition) is 0. The lowest BCUT2D eigenvalue weighted by molar-refractivity contribution is 0.0130. The van der Waals surface area contributed by atoms with E-state index in [0.717, 1.165) is 42.2 Å². The summed E-state index contributed by atoms with van der Waals surface area (Å²) in [4.78, 5) is 31.0. The van der Waals surface area contributed by atoms with Crippen LogP contribution >= 0.6 is 11.6 Å². The molecule has 1 amide bonds. The average molecular weight is 599 g/mol. The zero-order valence-corrected chi connectivity index (χ0v) is 25.3. The molecule has 0 saturated carbocycles. The summed E-state index contributed by atoms with van der Waals surface area (Å²) in [7, 11) is 2.11. The molecule has 4 atom stereocenters. The van der Waals surface area contributed by atoms with E-state index in [1.807, 2.05) is 33.8 Å². The van der Waals surface area contributed by atoms with E-state index in [2.05, 4.69) is 26.7 Å². The number of anilines is 2. The second-order valence-electron chi connectivity index (χ2n) is 12.8. The summed E-state index contributed by atoms with van der Waals surface area (Å²) < 4.78 is 34.1. The third-order valence-corrected chi connectivity index (χ3v) is 9.17. The minimum Gasteiger partial charge on any atom is -0.469 e. The summed E-state index contributed by atoms with van der Waals surface area (Å²) in [5.41, 5.74) is 2.02. The van der Waals surface area contributed by atoms with Gasteiger partial charge in [-0.1, -0.05) is 11.6 Å². The van der Waals surface area contributed by atoms with Crippen molar-refractivity contribution in [2.45, 2.75) is 76.8 Å². The molecule has 42 heavy (non-hydrogen) atoms. The smallest absolute Gasteiger partial charge is 0.410 e. The number of likely N-dealkylation sites (N-methyl/N-ethyl adjacent to an activating group) is 1. The molecular formula is C30H36ClFN6O4. The standard InChI is InChI=1S/C30H36ClFN6O4/c1-16-13-37-19(14-36(16)29(39)42-30(2,3)4)25(20-9-7-11-40-20)38-15-21(18-8-6-10-35(18)5)41-28-26(38)24(37)17-12-33-27(31)22(32)23(17)34-28/h7,11-12,16,18-19,21H,6,8-10,13-15H2,1-5H3/t16-,18+,19-,21-/m1/s1. The van der Waals surface area contributed by atoms with Crippen molar-refractivity contribution in [2.75, 3.05) is 43.0 Å². The topological polar surface area (TPSA) is 83.5 Å². The highest BCUT2D eigenvalue weighted by Crippen LogP contribution is 2.53. The molecule has 12 heteroatoms. The number of aromatic nitrogens is 2. The van der Waals surface area contributed by atoms with Crippen molar-refractivity contribution in [1.29, 1.82) is 0 Å². The number of likely N-dealkylation sites (tertiary alicyclic amines) is 1. The first kappa shape index (κ1) is 27.5. The molecular weight excluding hydrogens is 563 g/mol. The first-order valence-electron chi connectivity index (χ1n) is 14.6. The van der Waals surface area contributed by atoms with Crippen LogP contribution in [0.15, 0.2) is 30.0 Å². The van der Waals surface area contributed by atoms with E-state index in [-0.39, 0.29) is 41.0 Å². The highest BCUT2D eigenvalue weighted by molar-refractivity contribution is 6.30. The van der Waals surface area contributed by atoms with Gasteiger partial charge in [0.15, 0.2) is 11.0 Å². The summed E-state index contributed by atoms with van der Waals surface area (Å²) in [6.45, 7) is 10.0. The summed E-state index contributed by atoms with van der Waals surface area (Å²) in [6, 6.07) is -0.292. The van der Waals surface area contributed by atoms with Crippen molar-refractivity contribution in [3.8, 4) is 5.88 Å². The van der Waals surface area contributed by atoms with Crippen molar-refractivity contribution >= 4 is 40.0 Å². The van der Waals surface area contributed by atoms with Crippen molar-refractivity contribution in [3.63, 3.8) is 0 Å². The van der Waals surface area contributed by atoms with Gasteiger partial charge in [0.1, 0.15) is 28.7 Å².